The first-order valence-electron chi connectivity index (χ1n) is 4.69. The Morgan fingerprint density at radius 3 is 2.65 bits per heavy atom. The van der Waals surface area contributed by atoms with Crippen LogP contribution in [-0.4, -0.2) is 18.7 Å². The van der Waals surface area contributed by atoms with Gasteiger partial charge in [-0.3, -0.25) is 0 Å². The van der Waals surface area contributed by atoms with Crippen LogP contribution in [0.4, 0.5) is 8.78 Å². The fraction of sp³-hybridized carbons (Fsp3) is 0.273. The zero-order valence-electron chi connectivity index (χ0n) is 8.89. The van der Waals surface area contributed by atoms with Crippen molar-refractivity contribution in [3.8, 4) is 11.8 Å². The molecule has 90 valence electrons. The molecule has 0 aliphatic carbocycles. The molecule has 0 radical (unpaired) electrons. The van der Waals surface area contributed by atoms with E-state index in [-0.39, 0.29) is 11.3 Å². The number of ether oxygens (including phenoxy) is 2. The molecule has 0 fully saturated rings. The number of esters is 1. The Bertz CT molecular complexity index is 443. The molecular weight excluding hydrogens is 232 g/mol. The third-order valence-electron chi connectivity index (χ3n) is 1.79. The second kappa shape index (κ2) is 5.80. The summed E-state index contributed by atoms with van der Waals surface area (Å²) in [6.07, 6.45) is -0.956. The molecule has 6 heteroatoms. The molecule has 0 aromatic heterocycles. The molecule has 0 amide bonds. The minimum atomic E-state index is -3.03. The molecule has 0 saturated heterocycles. The van der Waals surface area contributed by atoms with Crippen molar-refractivity contribution in [2.75, 3.05) is 0 Å². The first-order chi connectivity index (χ1) is 8.04. The minimum absolute atomic E-state index is 0.144. The molecule has 1 atom stereocenters. The van der Waals surface area contributed by atoms with Crippen molar-refractivity contribution >= 4 is 5.97 Å². The number of carbonyl (C=O) groups is 1. The van der Waals surface area contributed by atoms with Crippen LogP contribution in [0.3, 0.4) is 0 Å². The highest BCUT2D eigenvalue weighted by atomic mass is 19.3. The lowest BCUT2D eigenvalue weighted by Crippen LogP contribution is -2.15. The number of halogens is 2. The summed E-state index contributed by atoms with van der Waals surface area (Å²) in [6.45, 7) is -1.66. The Hall–Kier alpha value is -2.16. The molecule has 0 bridgehead atoms. The molecule has 0 saturated carbocycles. The molecular formula is C11H9F2NO3. The molecule has 0 spiro atoms. The normalized spacial score (nSPS) is 11.7. The maximum Gasteiger partial charge on any atom is 0.387 e. The summed E-state index contributed by atoms with van der Waals surface area (Å²) in [5, 5.41) is 8.47. The largest absolute Gasteiger partial charge is 0.444 e. The van der Waals surface area contributed by atoms with Crippen LogP contribution in [0, 0.1) is 11.3 Å². The minimum Gasteiger partial charge on any atom is -0.444 e. The number of nitrogens with zero attached hydrogens (tertiary/aromatic N) is 1. The topological polar surface area (TPSA) is 59.3 Å². The summed E-state index contributed by atoms with van der Waals surface area (Å²) in [7, 11) is 0. The summed E-state index contributed by atoms with van der Waals surface area (Å²) in [5.41, 5.74) is -0.144. The number of alkyl halides is 2. The van der Waals surface area contributed by atoms with Crippen LogP contribution in [0.25, 0.3) is 0 Å². The predicted octanol–water partition coefficient (Wildman–Crippen LogP) is 2.36. The molecule has 1 rings (SSSR count). The molecule has 0 aliphatic rings. The van der Waals surface area contributed by atoms with Gasteiger partial charge in [-0.25, -0.2) is 4.79 Å². The average molecular weight is 241 g/mol. The van der Waals surface area contributed by atoms with Gasteiger partial charge in [-0.2, -0.15) is 14.0 Å². The van der Waals surface area contributed by atoms with E-state index in [1.807, 2.05) is 0 Å². The summed E-state index contributed by atoms with van der Waals surface area (Å²) in [4.78, 5) is 11.5. The van der Waals surface area contributed by atoms with Gasteiger partial charge < -0.3 is 9.47 Å². The lowest BCUT2D eigenvalue weighted by molar-refractivity contribution is -0.0505. The quantitative estimate of drug-likeness (QED) is 0.759. The van der Waals surface area contributed by atoms with Gasteiger partial charge in [0.1, 0.15) is 17.4 Å². The first-order valence-corrected chi connectivity index (χ1v) is 4.69. The number of hydrogen-bond donors (Lipinski definition) is 0. The number of nitriles is 1. The monoisotopic (exact) mass is 241 g/mol. The number of para-hydroxylation sites is 1. The van der Waals surface area contributed by atoms with Crippen LogP contribution in [0.1, 0.15) is 17.3 Å². The Labute approximate surface area is 96.4 Å². The van der Waals surface area contributed by atoms with Crippen molar-refractivity contribution in [1.82, 2.24) is 0 Å². The van der Waals surface area contributed by atoms with E-state index in [2.05, 4.69) is 9.47 Å². The van der Waals surface area contributed by atoms with Gasteiger partial charge in [0.25, 0.3) is 0 Å². The Kier molecular flexibility index (Phi) is 4.40. The second-order valence-corrected chi connectivity index (χ2v) is 3.05. The highest BCUT2D eigenvalue weighted by Gasteiger charge is 2.18. The van der Waals surface area contributed by atoms with E-state index in [9.17, 15) is 13.6 Å². The molecule has 1 aromatic carbocycles. The molecule has 17 heavy (non-hydrogen) atoms. The SMILES string of the molecule is CC(C#N)OC(=O)c1ccccc1OC(F)F. The highest BCUT2D eigenvalue weighted by molar-refractivity contribution is 5.92. The van der Waals surface area contributed by atoms with E-state index in [4.69, 9.17) is 5.26 Å². The first kappa shape index (κ1) is 12.9. The Morgan fingerprint density at radius 1 is 1.41 bits per heavy atom. The summed E-state index contributed by atoms with van der Waals surface area (Å²) in [5.74, 6) is -1.16. The van der Waals surface area contributed by atoms with Gasteiger partial charge in [-0.1, -0.05) is 12.1 Å². The zero-order chi connectivity index (χ0) is 12.8. The fourth-order valence-electron chi connectivity index (χ4n) is 1.08. The standard InChI is InChI=1S/C11H9F2NO3/c1-7(6-14)16-10(15)8-4-2-3-5-9(8)17-11(12)13/h2-5,7,11H,1H3. The number of hydrogen-bond acceptors (Lipinski definition) is 4. The summed E-state index contributed by atoms with van der Waals surface area (Å²) >= 11 is 0. The number of carbonyl (C=O) groups excluding carboxylic acids is 1. The van der Waals surface area contributed by atoms with E-state index in [1.54, 1.807) is 6.07 Å². The van der Waals surface area contributed by atoms with Crippen LogP contribution in [0.2, 0.25) is 0 Å². The summed E-state index contributed by atoms with van der Waals surface area (Å²) in [6, 6.07) is 7.12. The van der Waals surface area contributed by atoms with Gasteiger partial charge in [-0.15, -0.1) is 0 Å². The van der Waals surface area contributed by atoms with E-state index in [1.165, 1.54) is 31.2 Å². The van der Waals surface area contributed by atoms with Gasteiger partial charge in [-0.05, 0) is 19.1 Å². The molecule has 1 aromatic rings. The number of rotatable bonds is 4. The zero-order valence-corrected chi connectivity index (χ0v) is 8.89. The van der Waals surface area contributed by atoms with Crippen molar-refractivity contribution in [1.29, 1.82) is 5.26 Å². The lowest BCUT2D eigenvalue weighted by atomic mass is 10.2. The van der Waals surface area contributed by atoms with Gasteiger partial charge in [0, 0.05) is 0 Å². The van der Waals surface area contributed by atoms with Crippen molar-refractivity contribution in [3.05, 3.63) is 29.8 Å². The fourth-order valence-corrected chi connectivity index (χ4v) is 1.08. The van der Waals surface area contributed by atoms with Crippen molar-refractivity contribution in [2.45, 2.75) is 19.6 Å². The van der Waals surface area contributed by atoms with E-state index < -0.39 is 18.7 Å². The van der Waals surface area contributed by atoms with Crippen LogP contribution in [0.15, 0.2) is 24.3 Å². The molecule has 0 N–H and O–H groups in total. The van der Waals surface area contributed by atoms with Crippen LogP contribution in [-0.2, 0) is 4.74 Å². The maximum atomic E-state index is 12.1. The smallest absolute Gasteiger partial charge is 0.387 e. The van der Waals surface area contributed by atoms with Gasteiger partial charge in [0.2, 0.25) is 0 Å². The summed E-state index contributed by atoms with van der Waals surface area (Å²) < 4.78 is 33.0. The van der Waals surface area contributed by atoms with Crippen LogP contribution >= 0.6 is 0 Å². The van der Waals surface area contributed by atoms with E-state index >= 15 is 0 Å². The predicted molar refractivity (Wildman–Crippen MR) is 53.6 cm³/mol. The molecule has 4 nitrogen and oxygen atoms in total. The Morgan fingerprint density at radius 2 is 2.06 bits per heavy atom. The third-order valence-corrected chi connectivity index (χ3v) is 1.79. The third kappa shape index (κ3) is 3.72. The van der Waals surface area contributed by atoms with Gasteiger partial charge in [0.05, 0.1) is 0 Å². The van der Waals surface area contributed by atoms with Crippen LogP contribution < -0.4 is 4.74 Å². The average Bonchev–Trinajstić information content (AvgIpc) is 2.28. The van der Waals surface area contributed by atoms with Gasteiger partial charge in [0.15, 0.2) is 6.10 Å². The number of benzene rings is 1. The Balaban J connectivity index is 2.89. The lowest BCUT2D eigenvalue weighted by Gasteiger charge is -2.10. The van der Waals surface area contributed by atoms with Crippen molar-refractivity contribution < 1.29 is 23.0 Å². The van der Waals surface area contributed by atoms with Crippen molar-refractivity contribution in [2.24, 2.45) is 0 Å². The van der Waals surface area contributed by atoms with Gasteiger partial charge >= 0.3 is 12.6 Å². The molecule has 0 heterocycles. The van der Waals surface area contributed by atoms with Crippen molar-refractivity contribution in [3.63, 3.8) is 0 Å². The van der Waals surface area contributed by atoms with Crippen LogP contribution in [0.5, 0.6) is 5.75 Å². The van der Waals surface area contributed by atoms with E-state index in [0.29, 0.717) is 0 Å². The maximum absolute atomic E-state index is 12.1. The second-order valence-electron chi connectivity index (χ2n) is 3.05. The highest BCUT2D eigenvalue weighted by Crippen LogP contribution is 2.21. The van der Waals surface area contributed by atoms with E-state index in [0.717, 1.165) is 0 Å². The molecule has 1 unspecified atom stereocenters. The molecule has 0 aliphatic heterocycles.